The van der Waals surface area contributed by atoms with Gasteiger partial charge < -0.3 is 10.5 Å². The monoisotopic (exact) mass is 275 g/mol. The van der Waals surface area contributed by atoms with E-state index in [2.05, 4.69) is 22.4 Å². The number of aromatic nitrogens is 4. The van der Waals surface area contributed by atoms with Crippen molar-refractivity contribution >= 4 is 5.69 Å². The topological polar surface area (TPSA) is 78.8 Å². The van der Waals surface area contributed by atoms with E-state index in [4.69, 9.17) is 10.5 Å². The van der Waals surface area contributed by atoms with E-state index in [1.807, 2.05) is 29.8 Å². The number of methoxy groups -OCH3 is 1. The van der Waals surface area contributed by atoms with Crippen molar-refractivity contribution < 1.29 is 4.74 Å². The lowest BCUT2D eigenvalue weighted by molar-refractivity contribution is 0.144. The van der Waals surface area contributed by atoms with Crippen molar-refractivity contribution in [2.24, 2.45) is 0 Å². The van der Waals surface area contributed by atoms with Crippen LogP contribution in [0.5, 0.6) is 0 Å². The molecule has 0 saturated heterocycles. The molecule has 0 radical (unpaired) electrons. The summed E-state index contributed by atoms with van der Waals surface area (Å²) in [7, 11) is 1.69. The molecule has 2 aromatic rings. The molecule has 0 spiro atoms. The lowest BCUT2D eigenvalue weighted by Crippen LogP contribution is -2.17. The van der Waals surface area contributed by atoms with Crippen molar-refractivity contribution in [1.82, 2.24) is 20.2 Å². The van der Waals surface area contributed by atoms with Crippen LogP contribution in [0.1, 0.15) is 31.4 Å². The molecule has 1 heterocycles. The number of nitrogens with zero attached hydrogens (tertiary/aromatic N) is 4. The Labute approximate surface area is 118 Å². The van der Waals surface area contributed by atoms with Gasteiger partial charge in [0.2, 0.25) is 0 Å². The van der Waals surface area contributed by atoms with Crippen molar-refractivity contribution in [1.29, 1.82) is 0 Å². The van der Waals surface area contributed by atoms with Gasteiger partial charge in [0.1, 0.15) is 0 Å². The van der Waals surface area contributed by atoms with Gasteiger partial charge in [-0.1, -0.05) is 13.3 Å². The number of aryl methyl sites for hydroxylation is 1. The molecule has 108 valence electrons. The third-order valence-corrected chi connectivity index (χ3v) is 3.18. The Morgan fingerprint density at radius 3 is 2.80 bits per heavy atom. The lowest BCUT2D eigenvalue weighted by atomic mass is 10.1. The lowest BCUT2D eigenvalue weighted by Gasteiger charge is -2.17. The molecule has 0 bridgehead atoms. The van der Waals surface area contributed by atoms with Gasteiger partial charge in [-0.3, -0.25) is 0 Å². The van der Waals surface area contributed by atoms with Crippen LogP contribution in [0.2, 0.25) is 0 Å². The molecule has 2 N–H and O–H groups in total. The Morgan fingerprint density at radius 2 is 2.15 bits per heavy atom. The molecule has 2 rings (SSSR count). The Morgan fingerprint density at radius 1 is 1.35 bits per heavy atom. The van der Waals surface area contributed by atoms with Crippen molar-refractivity contribution in [2.45, 2.75) is 32.7 Å². The van der Waals surface area contributed by atoms with E-state index in [1.54, 1.807) is 7.11 Å². The van der Waals surface area contributed by atoms with Crippen LogP contribution in [-0.4, -0.2) is 33.9 Å². The molecule has 0 aliphatic rings. The quantitative estimate of drug-likeness (QED) is 0.818. The highest BCUT2D eigenvalue weighted by Gasteiger charge is 2.18. The predicted octanol–water partition coefficient (Wildman–Crippen LogP) is 2.22. The normalized spacial score (nSPS) is 12.6. The van der Waals surface area contributed by atoms with E-state index in [9.17, 15) is 0 Å². The second kappa shape index (κ2) is 6.47. The van der Waals surface area contributed by atoms with Gasteiger partial charge in [0, 0.05) is 18.4 Å². The maximum absolute atomic E-state index is 5.91. The minimum absolute atomic E-state index is 0.136. The summed E-state index contributed by atoms with van der Waals surface area (Å²) in [6, 6.07) is 5.99. The molecule has 6 nitrogen and oxygen atoms in total. The van der Waals surface area contributed by atoms with Crippen LogP contribution < -0.4 is 5.73 Å². The Kier molecular flexibility index (Phi) is 4.68. The zero-order chi connectivity index (χ0) is 14.5. The summed E-state index contributed by atoms with van der Waals surface area (Å²) >= 11 is 0. The first-order chi connectivity index (χ1) is 9.65. The zero-order valence-corrected chi connectivity index (χ0v) is 12.2. The first kappa shape index (κ1) is 14.5. The van der Waals surface area contributed by atoms with Gasteiger partial charge in [0.15, 0.2) is 5.82 Å². The molecule has 1 unspecified atom stereocenters. The maximum Gasteiger partial charge on any atom is 0.182 e. The highest BCUT2D eigenvalue weighted by atomic mass is 16.5. The number of anilines is 1. The van der Waals surface area contributed by atoms with E-state index in [0.29, 0.717) is 12.3 Å². The molecule has 1 aromatic heterocycles. The molecule has 0 saturated carbocycles. The minimum atomic E-state index is 0.136. The fourth-order valence-corrected chi connectivity index (χ4v) is 2.37. The van der Waals surface area contributed by atoms with E-state index in [0.717, 1.165) is 29.8 Å². The van der Waals surface area contributed by atoms with Crippen LogP contribution in [0.3, 0.4) is 0 Å². The molecule has 1 atom stereocenters. The summed E-state index contributed by atoms with van der Waals surface area (Å²) < 4.78 is 7.11. The minimum Gasteiger partial charge on any atom is -0.399 e. The van der Waals surface area contributed by atoms with Gasteiger partial charge in [-0.05, 0) is 47.5 Å². The highest BCUT2D eigenvalue weighted by molar-refractivity contribution is 5.62. The van der Waals surface area contributed by atoms with Gasteiger partial charge in [-0.25, -0.2) is 4.68 Å². The maximum atomic E-state index is 5.91. The molecule has 6 heteroatoms. The van der Waals surface area contributed by atoms with E-state index >= 15 is 0 Å². The first-order valence-electron chi connectivity index (χ1n) is 6.80. The number of rotatable bonds is 6. The fraction of sp³-hybridized carbons (Fsp3) is 0.500. The molecule has 0 aliphatic carbocycles. The van der Waals surface area contributed by atoms with Gasteiger partial charge in [-0.15, -0.1) is 5.10 Å². The second-order valence-corrected chi connectivity index (χ2v) is 4.98. The Hall–Kier alpha value is -1.95. The molecular weight excluding hydrogens is 254 g/mol. The smallest absolute Gasteiger partial charge is 0.182 e. The molecule has 0 amide bonds. The van der Waals surface area contributed by atoms with Crippen molar-refractivity contribution in [2.75, 3.05) is 19.5 Å². The average Bonchev–Trinajstić information content (AvgIpc) is 2.86. The van der Waals surface area contributed by atoms with Crippen molar-refractivity contribution in [3.8, 4) is 11.4 Å². The summed E-state index contributed by atoms with van der Waals surface area (Å²) in [6.45, 7) is 4.73. The van der Waals surface area contributed by atoms with Crippen LogP contribution >= 0.6 is 0 Å². The van der Waals surface area contributed by atoms with E-state index in [-0.39, 0.29) is 6.04 Å². The standard InChI is InChI=1S/C14H21N5O/c1-4-5-13(9-20-3)19-14(16-17-18-19)11-6-10(2)7-12(15)8-11/h6-8,13H,4-5,9,15H2,1-3H3. The predicted molar refractivity (Wildman–Crippen MR) is 78.2 cm³/mol. The zero-order valence-electron chi connectivity index (χ0n) is 12.2. The highest BCUT2D eigenvalue weighted by Crippen LogP contribution is 2.24. The number of hydrogen-bond donors (Lipinski definition) is 1. The largest absolute Gasteiger partial charge is 0.399 e. The second-order valence-electron chi connectivity index (χ2n) is 4.98. The van der Waals surface area contributed by atoms with Crippen LogP contribution in [0, 0.1) is 6.92 Å². The summed E-state index contributed by atoms with van der Waals surface area (Å²) in [4.78, 5) is 0. The summed E-state index contributed by atoms with van der Waals surface area (Å²) in [5.74, 6) is 0.732. The van der Waals surface area contributed by atoms with E-state index in [1.165, 1.54) is 0 Å². The average molecular weight is 275 g/mol. The van der Waals surface area contributed by atoms with Crippen LogP contribution in [0.25, 0.3) is 11.4 Å². The Balaban J connectivity index is 2.40. The number of benzene rings is 1. The van der Waals surface area contributed by atoms with E-state index < -0.39 is 0 Å². The van der Waals surface area contributed by atoms with Gasteiger partial charge in [0.05, 0.1) is 12.6 Å². The van der Waals surface area contributed by atoms with Gasteiger partial charge in [-0.2, -0.15) is 0 Å². The van der Waals surface area contributed by atoms with Crippen LogP contribution in [0.15, 0.2) is 18.2 Å². The SMILES string of the molecule is CCCC(COC)n1nnnc1-c1cc(C)cc(N)c1. The summed E-state index contributed by atoms with van der Waals surface area (Å²) in [5.41, 5.74) is 8.65. The molecule has 20 heavy (non-hydrogen) atoms. The Bertz CT molecular complexity index is 540. The first-order valence-corrected chi connectivity index (χ1v) is 6.80. The van der Waals surface area contributed by atoms with Crippen molar-refractivity contribution in [3.63, 3.8) is 0 Å². The van der Waals surface area contributed by atoms with Crippen molar-refractivity contribution in [3.05, 3.63) is 23.8 Å². The number of ether oxygens (including phenoxy) is 1. The fourth-order valence-electron chi connectivity index (χ4n) is 2.37. The molecule has 1 aromatic carbocycles. The van der Waals surface area contributed by atoms with Gasteiger partial charge in [0.25, 0.3) is 0 Å². The van der Waals surface area contributed by atoms with Gasteiger partial charge >= 0.3 is 0 Å². The summed E-state index contributed by atoms with van der Waals surface area (Å²) in [6.07, 6.45) is 2.01. The van der Waals surface area contributed by atoms with Crippen LogP contribution in [-0.2, 0) is 4.74 Å². The molecule has 0 fully saturated rings. The number of hydrogen-bond acceptors (Lipinski definition) is 5. The molecule has 0 aliphatic heterocycles. The third-order valence-electron chi connectivity index (χ3n) is 3.18. The number of tetrazole rings is 1. The number of nitrogens with two attached hydrogens (primary N) is 1. The van der Waals surface area contributed by atoms with Crippen LogP contribution in [0.4, 0.5) is 5.69 Å². The summed E-state index contributed by atoms with van der Waals surface area (Å²) in [5, 5.41) is 12.1. The molecular formula is C14H21N5O. The number of nitrogen functional groups attached to an aromatic ring is 1. The third kappa shape index (κ3) is 3.14.